The molecule has 0 radical (unpaired) electrons. The zero-order valence-electron chi connectivity index (χ0n) is 13.5. The lowest BCUT2D eigenvalue weighted by atomic mass is 10.1. The minimum Gasteiger partial charge on any atom is -0.339 e. The highest BCUT2D eigenvalue weighted by Gasteiger charge is 2.19. The molecule has 0 saturated carbocycles. The number of aromatic nitrogens is 2. The van der Waals surface area contributed by atoms with E-state index >= 15 is 0 Å². The van der Waals surface area contributed by atoms with E-state index in [0.717, 1.165) is 17.0 Å². The molecule has 1 unspecified atom stereocenters. The number of nitrogens with zero attached hydrogens (tertiary/aromatic N) is 2. The van der Waals surface area contributed by atoms with E-state index in [1.54, 1.807) is 18.3 Å². The topological polar surface area (TPSA) is 46.9 Å². The molecular formula is C20H19N3O. The van der Waals surface area contributed by atoms with Crippen LogP contribution in [-0.4, -0.2) is 15.5 Å². The molecule has 0 saturated heterocycles. The molecule has 2 aromatic carbocycles. The fourth-order valence-electron chi connectivity index (χ4n) is 2.52. The Morgan fingerprint density at radius 1 is 1.08 bits per heavy atom. The molecule has 120 valence electrons. The minimum absolute atomic E-state index is 0.157. The van der Waals surface area contributed by atoms with Gasteiger partial charge in [-0.2, -0.15) is 0 Å². The molecule has 1 amide bonds. The Kier molecular flexibility index (Phi) is 4.87. The second kappa shape index (κ2) is 7.42. The largest absolute Gasteiger partial charge is 0.339 e. The molecule has 0 spiro atoms. The molecule has 4 heteroatoms. The molecule has 1 aromatic heterocycles. The maximum atomic E-state index is 12.4. The Morgan fingerprint density at radius 3 is 2.38 bits per heavy atom. The molecule has 0 aliphatic heterocycles. The zero-order valence-corrected chi connectivity index (χ0v) is 13.5. The third-order valence-corrected chi connectivity index (χ3v) is 3.76. The fraction of sp³-hybridized carbons (Fsp3) is 0.100. The summed E-state index contributed by atoms with van der Waals surface area (Å²) in [5, 5.41) is 3.04. The molecule has 1 heterocycles. The number of carbonyl (C=O) groups excluding carboxylic acids is 1. The fourth-order valence-corrected chi connectivity index (χ4v) is 2.52. The van der Waals surface area contributed by atoms with E-state index < -0.39 is 0 Å². The van der Waals surface area contributed by atoms with Crippen LogP contribution in [0.3, 0.4) is 0 Å². The lowest BCUT2D eigenvalue weighted by Gasteiger charge is -2.18. The van der Waals surface area contributed by atoms with Gasteiger partial charge in [0.05, 0.1) is 0 Å². The smallest absolute Gasteiger partial charge is 0.244 e. The van der Waals surface area contributed by atoms with E-state index in [1.807, 2.05) is 78.5 Å². The van der Waals surface area contributed by atoms with Crippen molar-refractivity contribution >= 4 is 12.0 Å². The number of nitrogens with one attached hydrogen (secondary N) is 1. The van der Waals surface area contributed by atoms with Crippen molar-refractivity contribution in [2.45, 2.75) is 6.04 Å². The maximum absolute atomic E-state index is 12.4. The summed E-state index contributed by atoms with van der Waals surface area (Å²) in [5.74, 6) is 0.637. The number of imidazole rings is 1. The predicted molar refractivity (Wildman–Crippen MR) is 95.1 cm³/mol. The molecule has 0 bridgehead atoms. The molecule has 1 atom stereocenters. The standard InChI is InChI=1S/C20H19N3O/c1-23-15-14-21-20(23)19(17-10-6-3-7-11-17)22-18(24)13-12-16-8-4-2-5-9-16/h2-15,19H,1H3,(H,22,24)/b13-12+. The van der Waals surface area contributed by atoms with E-state index in [4.69, 9.17) is 0 Å². The highest BCUT2D eigenvalue weighted by atomic mass is 16.1. The first kappa shape index (κ1) is 15.7. The molecule has 1 N–H and O–H groups in total. The molecule has 3 rings (SSSR count). The van der Waals surface area contributed by atoms with Gasteiger partial charge in [0.2, 0.25) is 5.91 Å². The van der Waals surface area contributed by atoms with Crippen LogP contribution in [0, 0.1) is 0 Å². The highest BCUT2D eigenvalue weighted by Crippen LogP contribution is 2.20. The Labute approximate surface area is 141 Å². The summed E-state index contributed by atoms with van der Waals surface area (Å²) in [6.45, 7) is 0. The normalized spacial score (nSPS) is 12.2. The van der Waals surface area contributed by atoms with Crippen LogP contribution in [-0.2, 0) is 11.8 Å². The molecule has 0 aliphatic rings. The third kappa shape index (κ3) is 3.79. The first-order valence-corrected chi connectivity index (χ1v) is 7.80. The number of carbonyl (C=O) groups is 1. The van der Waals surface area contributed by atoms with Gasteiger partial charge in [-0.05, 0) is 17.2 Å². The van der Waals surface area contributed by atoms with Crippen molar-refractivity contribution in [1.29, 1.82) is 0 Å². The summed E-state index contributed by atoms with van der Waals surface area (Å²) in [6.07, 6.45) is 6.96. The summed E-state index contributed by atoms with van der Waals surface area (Å²) in [5.41, 5.74) is 1.98. The van der Waals surface area contributed by atoms with Crippen molar-refractivity contribution in [3.8, 4) is 0 Å². The quantitative estimate of drug-likeness (QED) is 0.734. The average molecular weight is 317 g/mol. The monoisotopic (exact) mass is 317 g/mol. The van der Waals surface area contributed by atoms with Gasteiger partial charge in [0, 0.05) is 25.5 Å². The van der Waals surface area contributed by atoms with Gasteiger partial charge in [0.1, 0.15) is 11.9 Å². The number of amides is 1. The second-order valence-electron chi connectivity index (χ2n) is 5.49. The van der Waals surface area contributed by atoms with Crippen molar-refractivity contribution < 1.29 is 4.79 Å². The number of aryl methyl sites for hydroxylation is 1. The van der Waals surface area contributed by atoms with Gasteiger partial charge in [-0.1, -0.05) is 60.7 Å². The lowest BCUT2D eigenvalue weighted by Crippen LogP contribution is -2.29. The van der Waals surface area contributed by atoms with E-state index in [0.29, 0.717) is 0 Å². The third-order valence-electron chi connectivity index (χ3n) is 3.76. The van der Waals surface area contributed by atoms with E-state index in [-0.39, 0.29) is 11.9 Å². The molecule has 24 heavy (non-hydrogen) atoms. The molecule has 3 aromatic rings. The average Bonchev–Trinajstić information content (AvgIpc) is 3.05. The van der Waals surface area contributed by atoms with Gasteiger partial charge >= 0.3 is 0 Å². The Morgan fingerprint density at radius 2 is 1.75 bits per heavy atom. The maximum Gasteiger partial charge on any atom is 0.244 e. The molecule has 0 aliphatic carbocycles. The van der Waals surface area contributed by atoms with Crippen LogP contribution in [0.15, 0.2) is 79.1 Å². The van der Waals surface area contributed by atoms with E-state index in [9.17, 15) is 4.79 Å². The number of benzene rings is 2. The van der Waals surface area contributed by atoms with Gasteiger partial charge in [-0.3, -0.25) is 4.79 Å². The summed E-state index contributed by atoms with van der Waals surface area (Å²) in [4.78, 5) is 16.8. The van der Waals surface area contributed by atoms with Crippen molar-refractivity contribution in [1.82, 2.24) is 14.9 Å². The highest BCUT2D eigenvalue weighted by molar-refractivity contribution is 5.92. The van der Waals surface area contributed by atoms with Crippen molar-refractivity contribution in [3.05, 3.63) is 96.1 Å². The van der Waals surface area contributed by atoms with Crippen molar-refractivity contribution in [3.63, 3.8) is 0 Å². The van der Waals surface area contributed by atoms with Crippen LogP contribution >= 0.6 is 0 Å². The second-order valence-corrected chi connectivity index (χ2v) is 5.49. The number of rotatable bonds is 5. The predicted octanol–water partition coefficient (Wildman–Crippen LogP) is 3.34. The first-order valence-electron chi connectivity index (χ1n) is 7.80. The van der Waals surface area contributed by atoms with Crippen LogP contribution in [0.1, 0.15) is 23.0 Å². The van der Waals surface area contributed by atoms with Gasteiger partial charge in [-0.25, -0.2) is 4.98 Å². The summed E-state index contributed by atoms with van der Waals surface area (Å²) in [6, 6.07) is 19.3. The van der Waals surface area contributed by atoms with Gasteiger partial charge < -0.3 is 9.88 Å². The zero-order chi connectivity index (χ0) is 16.8. The summed E-state index contributed by atoms with van der Waals surface area (Å²) < 4.78 is 1.92. The number of hydrogen-bond donors (Lipinski definition) is 1. The van der Waals surface area contributed by atoms with E-state index in [2.05, 4.69) is 10.3 Å². The molecule has 0 fully saturated rings. The van der Waals surface area contributed by atoms with Crippen LogP contribution in [0.4, 0.5) is 0 Å². The molecule has 4 nitrogen and oxygen atoms in total. The number of hydrogen-bond acceptors (Lipinski definition) is 2. The van der Waals surface area contributed by atoms with Crippen LogP contribution < -0.4 is 5.32 Å². The van der Waals surface area contributed by atoms with Crippen LogP contribution in [0.25, 0.3) is 6.08 Å². The van der Waals surface area contributed by atoms with Crippen molar-refractivity contribution in [2.75, 3.05) is 0 Å². The minimum atomic E-state index is -0.292. The van der Waals surface area contributed by atoms with E-state index in [1.165, 1.54) is 0 Å². The lowest BCUT2D eigenvalue weighted by molar-refractivity contribution is -0.117. The van der Waals surface area contributed by atoms with Gasteiger partial charge in [0.25, 0.3) is 0 Å². The Balaban J connectivity index is 1.81. The Hall–Kier alpha value is -3.14. The van der Waals surface area contributed by atoms with Crippen LogP contribution in [0.2, 0.25) is 0 Å². The van der Waals surface area contributed by atoms with Crippen LogP contribution in [0.5, 0.6) is 0 Å². The Bertz CT molecular complexity index is 822. The first-order chi connectivity index (χ1) is 11.7. The molecular weight excluding hydrogens is 298 g/mol. The summed E-state index contributed by atoms with van der Waals surface area (Å²) in [7, 11) is 1.92. The SMILES string of the molecule is Cn1ccnc1C(NC(=O)/C=C/c1ccccc1)c1ccccc1. The van der Waals surface area contributed by atoms with Gasteiger partial charge in [-0.15, -0.1) is 0 Å². The van der Waals surface area contributed by atoms with Crippen molar-refractivity contribution in [2.24, 2.45) is 7.05 Å². The van der Waals surface area contributed by atoms with Gasteiger partial charge in [0.15, 0.2) is 0 Å². The summed E-state index contributed by atoms with van der Waals surface area (Å²) >= 11 is 0.